The van der Waals surface area contributed by atoms with Crippen molar-refractivity contribution in [2.75, 3.05) is 44.4 Å². The molecule has 22 heavy (non-hydrogen) atoms. The van der Waals surface area contributed by atoms with E-state index in [2.05, 4.69) is 16.0 Å². The van der Waals surface area contributed by atoms with Gasteiger partial charge in [-0.2, -0.15) is 0 Å². The smallest absolute Gasteiger partial charge is 0.319 e. The number of urea groups is 1. The molecule has 2 amide bonds. The maximum atomic E-state index is 11.8. The molecule has 1 aromatic rings. The zero-order chi connectivity index (χ0) is 16.0. The zero-order valence-electron chi connectivity index (χ0n) is 12.5. The number of rotatable bonds is 4. The van der Waals surface area contributed by atoms with Crippen LogP contribution in [0.25, 0.3) is 0 Å². The molecule has 0 aromatic heterocycles. The molecule has 1 aromatic carbocycles. The van der Waals surface area contributed by atoms with Gasteiger partial charge in [0.15, 0.2) is 9.84 Å². The van der Waals surface area contributed by atoms with Crippen molar-refractivity contribution in [3.8, 4) is 0 Å². The standard InChI is InChI=1S/C14H21N3O4S/c1-22(19,20)13-4-2-12(3-5-13)17-14(18)16-9-11-8-15-6-7-21-10-11/h2-5,11,15H,6-10H2,1H3,(H2,16,17,18)/t11-/m1/s1. The third-order valence-electron chi connectivity index (χ3n) is 3.30. The Morgan fingerprint density at radius 3 is 2.77 bits per heavy atom. The molecule has 0 saturated carbocycles. The molecule has 0 spiro atoms. The third kappa shape index (κ3) is 5.28. The van der Waals surface area contributed by atoms with Crippen molar-refractivity contribution in [1.29, 1.82) is 0 Å². The van der Waals surface area contributed by atoms with E-state index in [1.165, 1.54) is 12.1 Å². The van der Waals surface area contributed by atoms with E-state index >= 15 is 0 Å². The number of carbonyl (C=O) groups is 1. The second kappa shape index (κ2) is 7.57. The Bertz CT molecular complexity index is 593. The molecular weight excluding hydrogens is 306 g/mol. The van der Waals surface area contributed by atoms with Crippen molar-refractivity contribution in [1.82, 2.24) is 10.6 Å². The van der Waals surface area contributed by atoms with Crippen LogP contribution in [0.15, 0.2) is 29.2 Å². The number of nitrogens with one attached hydrogen (secondary N) is 3. The predicted octanol–water partition coefficient (Wildman–Crippen LogP) is 0.448. The van der Waals surface area contributed by atoms with Crippen LogP contribution in [-0.4, -0.2) is 53.6 Å². The first kappa shape index (κ1) is 16.7. The molecule has 0 bridgehead atoms. The first-order valence-corrected chi connectivity index (χ1v) is 8.98. The highest BCUT2D eigenvalue weighted by atomic mass is 32.2. The number of carbonyl (C=O) groups excluding carboxylic acids is 1. The Morgan fingerprint density at radius 2 is 2.09 bits per heavy atom. The third-order valence-corrected chi connectivity index (χ3v) is 4.43. The molecule has 122 valence electrons. The van der Waals surface area contributed by atoms with Gasteiger partial charge in [0.2, 0.25) is 0 Å². The molecule has 1 heterocycles. The van der Waals surface area contributed by atoms with Gasteiger partial charge < -0.3 is 20.7 Å². The van der Waals surface area contributed by atoms with Gasteiger partial charge in [-0.05, 0) is 24.3 Å². The maximum absolute atomic E-state index is 11.8. The summed E-state index contributed by atoms with van der Waals surface area (Å²) in [7, 11) is -3.23. The SMILES string of the molecule is CS(=O)(=O)c1ccc(NC(=O)NC[C@H]2CNCCOC2)cc1. The van der Waals surface area contributed by atoms with E-state index in [4.69, 9.17) is 4.74 Å². The van der Waals surface area contributed by atoms with Crippen molar-refractivity contribution in [2.24, 2.45) is 5.92 Å². The van der Waals surface area contributed by atoms with Gasteiger partial charge in [0.05, 0.1) is 18.1 Å². The van der Waals surface area contributed by atoms with Gasteiger partial charge in [-0.3, -0.25) is 0 Å². The van der Waals surface area contributed by atoms with E-state index in [1.54, 1.807) is 12.1 Å². The highest BCUT2D eigenvalue weighted by Crippen LogP contribution is 2.13. The highest BCUT2D eigenvalue weighted by molar-refractivity contribution is 7.90. The molecule has 0 unspecified atom stereocenters. The van der Waals surface area contributed by atoms with Crippen LogP contribution in [-0.2, 0) is 14.6 Å². The Kier molecular flexibility index (Phi) is 5.76. The van der Waals surface area contributed by atoms with E-state index in [0.29, 0.717) is 25.4 Å². The lowest BCUT2D eigenvalue weighted by Crippen LogP contribution is -2.37. The van der Waals surface area contributed by atoms with Crippen LogP contribution < -0.4 is 16.0 Å². The second-order valence-electron chi connectivity index (χ2n) is 5.28. The Hall–Kier alpha value is -1.64. The van der Waals surface area contributed by atoms with Gasteiger partial charge in [-0.15, -0.1) is 0 Å². The molecule has 1 aliphatic rings. The summed E-state index contributed by atoms with van der Waals surface area (Å²) in [5.74, 6) is 0.237. The Balaban J connectivity index is 1.81. The second-order valence-corrected chi connectivity index (χ2v) is 7.29. The molecule has 8 heteroatoms. The van der Waals surface area contributed by atoms with Gasteiger partial charge in [0, 0.05) is 37.5 Å². The number of benzene rings is 1. The molecule has 0 radical (unpaired) electrons. The van der Waals surface area contributed by atoms with Crippen LogP contribution in [0.3, 0.4) is 0 Å². The average Bonchev–Trinajstić information content (AvgIpc) is 2.73. The number of ether oxygens (including phenoxy) is 1. The van der Waals surface area contributed by atoms with E-state index < -0.39 is 9.84 Å². The van der Waals surface area contributed by atoms with Gasteiger partial charge in [-0.1, -0.05) is 0 Å². The summed E-state index contributed by atoms with van der Waals surface area (Å²) < 4.78 is 28.1. The summed E-state index contributed by atoms with van der Waals surface area (Å²) in [5.41, 5.74) is 0.542. The maximum Gasteiger partial charge on any atom is 0.319 e. The summed E-state index contributed by atoms with van der Waals surface area (Å²) in [4.78, 5) is 12.0. The predicted molar refractivity (Wildman–Crippen MR) is 83.8 cm³/mol. The van der Waals surface area contributed by atoms with Crippen LogP contribution in [0.1, 0.15) is 0 Å². The van der Waals surface area contributed by atoms with Crippen molar-refractivity contribution in [3.63, 3.8) is 0 Å². The fourth-order valence-corrected chi connectivity index (χ4v) is 2.72. The minimum Gasteiger partial charge on any atom is -0.380 e. The summed E-state index contributed by atoms with van der Waals surface area (Å²) in [6.45, 7) is 3.46. The number of hydrogen-bond donors (Lipinski definition) is 3. The fourth-order valence-electron chi connectivity index (χ4n) is 2.09. The highest BCUT2D eigenvalue weighted by Gasteiger charge is 2.13. The normalized spacial score (nSPS) is 19.2. The van der Waals surface area contributed by atoms with Crippen LogP contribution >= 0.6 is 0 Å². The number of amides is 2. The molecule has 1 fully saturated rings. The molecule has 1 saturated heterocycles. The quantitative estimate of drug-likeness (QED) is 0.746. The van der Waals surface area contributed by atoms with E-state index in [-0.39, 0.29) is 16.8 Å². The summed E-state index contributed by atoms with van der Waals surface area (Å²) in [6.07, 6.45) is 1.14. The van der Waals surface area contributed by atoms with Gasteiger partial charge in [0.25, 0.3) is 0 Å². The lowest BCUT2D eigenvalue weighted by molar-refractivity contribution is 0.123. The minimum atomic E-state index is -3.23. The summed E-state index contributed by atoms with van der Waals surface area (Å²) >= 11 is 0. The molecule has 3 N–H and O–H groups in total. The van der Waals surface area contributed by atoms with Crippen LogP contribution in [0.2, 0.25) is 0 Å². The molecule has 2 rings (SSSR count). The Morgan fingerprint density at radius 1 is 1.36 bits per heavy atom. The van der Waals surface area contributed by atoms with Crippen LogP contribution in [0, 0.1) is 5.92 Å². The fraction of sp³-hybridized carbons (Fsp3) is 0.500. The summed E-state index contributed by atoms with van der Waals surface area (Å²) in [6, 6.07) is 5.73. The van der Waals surface area contributed by atoms with Crippen molar-refractivity contribution in [2.45, 2.75) is 4.90 Å². The lowest BCUT2D eigenvalue weighted by Gasteiger charge is -2.15. The first-order valence-electron chi connectivity index (χ1n) is 7.08. The topological polar surface area (TPSA) is 96.5 Å². The van der Waals surface area contributed by atoms with Crippen LogP contribution in [0.5, 0.6) is 0 Å². The first-order chi connectivity index (χ1) is 10.4. The molecule has 1 aliphatic heterocycles. The van der Waals surface area contributed by atoms with E-state index in [1.807, 2.05) is 0 Å². The zero-order valence-corrected chi connectivity index (χ0v) is 13.3. The molecular formula is C14H21N3O4S. The van der Waals surface area contributed by atoms with Crippen molar-refractivity contribution >= 4 is 21.6 Å². The molecule has 1 atom stereocenters. The monoisotopic (exact) mass is 327 g/mol. The van der Waals surface area contributed by atoms with Gasteiger partial charge in [0.1, 0.15) is 0 Å². The largest absolute Gasteiger partial charge is 0.380 e. The van der Waals surface area contributed by atoms with E-state index in [0.717, 1.165) is 19.3 Å². The number of anilines is 1. The van der Waals surface area contributed by atoms with Gasteiger partial charge >= 0.3 is 6.03 Å². The van der Waals surface area contributed by atoms with Crippen LogP contribution in [0.4, 0.5) is 10.5 Å². The van der Waals surface area contributed by atoms with Crippen molar-refractivity contribution < 1.29 is 17.9 Å². The average molecular weight is 327 g/mol. The molecule has 7 nitrogen and oxygen atoms in total. The minimum absolute atomic E-state index is 0.222. The Labute approximate surface area is 130 Å². The number of hydrogen-bond acceptors (Lipinski definition) is 5. The lowest BCUT2D eigenvalue weighted by atomic mass is 10.1. The summed E-state index contributed by atoms with van der Waals surface area (Å²) in [5, 5.41) is 8.69. The van der Waals surface area contributed by atoms with Gasteiger partial charge in [-0.25, -0.2) is 13.2 Å². The molecule has 0 aliphatic carbocycles. The number of sulfone groups is 1. The van der Waals surface area contributed by atoms with Crippen molar-refractivity contribution in [3.05, 3.63) is 24.3 Å². The van der Waals surface area contributed by atoms with E-state index in [9.17, 15) is 13.2 Å².